The first kappa shape index (κ1) is 21.6. The van der Waals surface area contributed by atoms with E-state index < -0.39 is 4.87 Å². The Bertz CT molecular complexity index is 1210. The highest BCUT2D eigenvalue weighted by molar-refractivity contribution is 8.01. The minimum Gasteiger partial charge on any atom is -0.334 e. The van der Waals surface area contributed by atoms with Gasteiger partial charge in [0.05, 0.1) is 12.2 Å². The smallest absolute Gasteiger partial charge is 0.319 e. The number of nitrogens with one attached hydrogen (secondary N) is 1. The van der Waals surface area contributed by atoms with Crippen LogP contribution in [0.5, 0.6) is 0 Å². The molecule has 1 saturated heterocycles. The Hall–Kier alpha value is -3.25. The van der Waals surface area contributed by atoms with E-state index in [9.17, 15) is 9.59 Å². The van der Waals surface area contributed by atoms with Gasteiger partial charge in [0.25, 0.3) is 5.91 Å². The summed E-state index contributed by atoms with van der Waals surface area (Å²) in [6, 6.07) is 24.0. The minimum absolute atomic E-state index is 0.0398. The van der Waals surface area contributed by atoms with Crippen molar-refractivity contribution in [1.29, 1.82) is 0 Å². The molecular weight excluding hydrogens is 430 g/mol. The minimum atomic E-state index is -1.02. The number of fused-ring (bicyclic) bond motifs is 2. The second-order valence-electron chi connectivity index (χ2n) is 8.69. The van der Waals surface area contributed by atoms with Crippen LogP contribution in [0.25, 0.3) is 0 Å². The zero-order valence-corrected chi connectivity index (χ0v) is 19.7. The molecule has 3 aromatic rings. The molecule has 33 heavy (non-hydrogen) atoms. The molecule has 168 valence electrons. The molecule has 5 rings (SSSR count). The molecule has 1 spiro atoms. The van der Waals surface area contributed by atoms with Crippen LogP contribution in [0, 0.1) is 13.8 Å². The van der Waals surface area contributed by atoms with Crippen LogP contribution in [-0.4, -0.2) is 29.1 Å². The van der Waals surface area contributed by atoms with E-state index >= 15 is 0 Å². The maximum atomic E-state index is 14.1. The average molecular weight is 458 g/mol. The zero-order valence-electron chi connectivity index (χ0n) is 18.9. The molecule has 1 N–H and O–H groups in total. The van der Waals surface area contributed by atoms with Crippen LogP contribution in [0.15, 0.2) is 72.8 Å². The van der Waals surface area contributed by atoms with Crippen molar-refractivity contribution in [2.24, 2.45) is 0 Å². The highest BCUT2D eigenvalue weighted by Crippen LogP contribution is 2.54. The number of carbonyl (C=O) groups is 2. The number of carbonyl (C=O) groups excluding carboxylic acids is 2. The van der Waals surface area contributed by atoms with Crippen LogP contribution in [-0.2, 0) is 22.8 Å². The number of hydrogen-bond acceptors (Lipinski definition) is 3. The van der Waals surface area contributed by atoms with Crippen LogP contribution in [0.2, 0.25) is 0 Å². The lowest BCUT2D eigenvalue weighted by Crippen LogP contribution is -2.53. The molecular formula is C27H27N3O2S. The molecule has 5 nitrogen and oxygen atoms in total. The summed E-state index contributed by atoms with van der Waals surface area (Å²) in [5, 5.41) is 3.03. The van der Waals surface area contributed by atoms with Gasteiger partial charge in [-0.05, 0) is 31.0 Å². The predicted molar refractivity (Wildman–Crippen MR) is 133 cm³/mol. The van der Waals surface area contributed by atoms with Crippen LogP contribution >= 0.6 is 11.8 Å². The summed E-state index contributed by atoms with van der Waals surface area (Å²) in [4.78, 5) is 30.0. The number of anilines is 1. The van der Waals surface area contributed by atoms with E-state index in [1.807, 2.05) is 66.4 Å². The van der Waals surface area contributed by atoms with Gasteiger partial charge in [0.1, 0.15) is 0 Å². The summed E-state index contributed by atoms with van der Waals surface area (Å²) >= 11 is 1.56. The topological polar surface area (TPSA) is 52.7 Å². The molecule has 0 unspecified atom stereocenters. The fraction of sp³-hybridized carbons (Fsp3) is 0.259. The third kappa shape index (κ3) is 3.78. The zero-order chi connectivity index (χ0) is 23.0. The fourth-order valence-electron chi connectivity index (χ4n) is 4.75. The number of benzene rings is 3. The molecule has 2 aliphatic heterocycles. The van der Waals surface area contributed by atoms with E-state index in [4.69, 9.17) is 0 Å². The molecule has 1 atom stereocenters. The van der Waals surface area contributed by atoms with Gasteiger partial charge in [0, 0.05) is 24.4 Å². The number of thioether (sulfide) groups is 1. The van der Waals surface area contributed by atoms with Gasteiger partial charge < -0.3 is 10.2 Å². The van der Waals surface area contributed by atoms with Gasteiger partial charge in [-0.2, -0.15) is 0 Å². The molecule has 2 heterocycles. The highest BCUT2D eigenvalue weighted by Gasteiger charge is 2.59. The molecule has 0 saturated carbocycles. The van der Waals surface area contributed by atoms with E-state index in [0.717, 1.165) is 39.3 Å². The third-order valence-electron chi connectivity index (χ3n) is 6.30. The molecule has 1 fully saturated rings. The molecule has 2 aliphatic rings. The standard InChI is InChI=1S/C27H27N3O2S/c1-19-7-6-10-22(15-19)18-29-24-12-11-20(2)16-23(24)27(25(29)31)30(13-14-33-27)26(32)28-17-21-8-4-3-5-9-21/h3-12,15-16H,13-14,17-18H2,1-2H3,(H,28,32)/t27-/m1/s1. The molecule has 3 aromatic carbocycles. The summed E-state index contributed by atoms with van der Waals surface area (Å²) in [5.74, 6) is 0.679. The van der Waals surface area contributed by atoms with Crippen molar-refractivity contribution < 1.29 is 9.59 Å². The first-order chi connectivity index (χ1) is 16.0. The second kappa shape index (κ2) is 8.60. The summed E-state index contributed by atoms with van der Waals surface area (Å²) < 4.78 is 0. The van der Waals surface area contributed by atoms with Gasteiger partial charge >= 0.3 is 6.03 Å². The van der Waals surface area contributed by atoms with Gasteiger partial charge in [-0.3, -0.25) is 9.69 Å². The van der Waals surface area contributed by atoms with Crippen LogP contribution in [0.1, 0.15) is 27.8 Å². The number of rotatable bonds is 4. The predicted octanol–water partition coefficient (Wildman–Crippen LogP) is 4.96. The van der Waals surface area contributed by atoms with E-state index in [0.29, 0.717) is 19.6 Å². The van der Waals surface area contributed by atoms with E-state index in [1.165, 1.54) is 0 Å². The molecule has 0 bridgehead atoms. The van der Waals surface area contributed by atoms with Crippen molar-refractivity contribution >= 4 is 29.4 Å². The molecule has 6 heteroatoms. The number of hydrogen-bond donors (Lipinski definition) is 1. The Morgan fingerprint density at radius 1 is 0.970 bits per heavy atom. The average Bonchev–Trinajstić information content (AvgIpc) is 3.35. The lowest BCUT2D eigenvalue weighted by atomic mass is 10.0. The number of urea groups is 1. The summed E-state index contributed by atoms with van der Waals surface area (Å²) in [6.45, 7) is 5.53. The normalized spacial score (nSPS) is 19.3. The molecule has 0 radical (unpaired) electrons. The summed E-state index contributed by atoms with van der Waals surface area (Å²) in [6.07, 6.45) is 0. The first-order valence-corrected chi connectivity index (χ1v) is 12.2. The monoisotopic (exact) mass is 457 g/mol. The molecule has 0 aromatic heterocycles. The Morgan fingerprint density at radius 3 is 2.52 bits per heavy atom. The van der Waals surface area contributed by atoms with Gasteiger partial charge in [0.2, 0.25) is 0 Å². The quantitative estimate of drug-likeness (QED) is 0.602. The fourth-order valence-corrected chi connectivity index (χ4v) is 6.20. The SMILES string of the molecule is Cc1cccc(CN2C(=O)[C@]3(SCCN3C(=O)NCc3ccccc3)c3cc(C)ccc32)c1. The van der Waals surface area contributed by atoms with Crippen molar-refractivity contribution in [3.05, 3.63) is 101 Å². The Morgan fingerprint density at radius 2 is 1.73 bits per heavy atom. The maximum absolute atomic E-state index is 14.1. The Balaban J connectivity index is 1.48. The van der Waals surface area contributed by atoms with Crippen LogP contribution in [0.4, 0.5) is 10.5 Å². The Labute approximate surface area is 198 Å². The van der Waals surface area contributed by atoms with Crippen molar-refractivity contribution in [1.82, 2.24) is 10.2 Å². The lowest BCUT2D eigenvalue weighted by Gasteiger charge is -2.33. The summed E-state index contributed by atoms with van der Waals surface area (Å²) in [7, 11) is 0. The lowest BCUT2D eigenvalue weighted by molar-refractivity contribution is -0.123. The highest BCUT2D eigenvalue weighted by atomic mass is 32.2. The number of aryl methyl sites for hydroxylation is 2. The molecule has 0 aliphatic carbocycles. The van der Waals surface area contributed by atoms with E-state index in [-0.39, 0.29) is 11.9 Å². The third-order valence-corrected chi connectivity index (χ3v) is 7.72. The van der Waals surface area contributed by atoms with Gasteiger partial charge in [-0.15, -0.1) is 11.8 Å². The van der Waals surface area contributed by atoms with Crippen molar-refractivity contribution in [3.8, 4) is 0 Å². The Kier molecular flexibility index (Phi) is 5.62. The van der Waals surface area contributed by atoms with Gasteiger partial charge in [0.15, 0.2) is 4.87 Å². The number of nitrogens with zero attached hydrogens (tertiary/aromatic N) is 2. The second-order valence-corrected chi connectivity index (χ2v) is 9.98. The molecule has 3 amide bonds. The van der Waals surface area contributed by atoms with Crippen molar-refractivity contribution in [3.63, 3.8) is 0 Å². The van der Waals surface area contributed by atoms with Gasteiger partial charge in [-0.1, -0.05) is 77.9 Å². The summed E-state index contributed by atoms with van der Waals surface area (Å²) in [5.41, 5.74) is 6.15. The van der Waals surface area contributed by atoms with Crippen LogP contribution in [0.3, 0.4) is 0 Å². The van der Waals surface area contributed by atoms with E-state index in [1.54, 1.807) is 16.7 Å². The van der Waals surface area contributed by atoms with Crippen molar-refractivity contribution in [2.45, 2.75) is 31.8 Å². The number of amides is 3. The van der Waals surface area contributed by atoms with E-state index in [2.05, 4.69) is 30.4 Å². The first-order valence-electron chi connectivity index (χ1n) is 11.2. The van der Waals surface area contributed by atoms with Gasteiger partial charge in [-0.25, -0.2) is 4.79 Å². The van der Waals surface area contributed by atoms with Crippen LogP contribution < -0.4 is 10.2 Å². The van der Waals surface area contributed by atoms with Crippen molar-refractivity contribution in [2.75, 3.05) is 17.2 Å². The maximum Gasteiger partial charge on any atom is 0.319 e. The largest absolute Gasteiger partial charge is 0.334 e.